The van der Waals surface area contributed by atoms with Gasteiger partial charge in [0.2, 0.25) is 5.60 Å². The van der Waals surface area contributed by atoms with Crippen molar-refractivity contribution in [2.24, 2.45) is 5.16 Å². The number of imidazole rings is 1. The number of carbonyl (C=O) groups excluding carboxylic acids is 2. The van der Waals surface area contributed by atoms with E-state index in [1.165, 1.54) is 35.9 Å². The van der Waals surface area contributed by atoms with Gasteiger partial charge in [-0.3, -0.25) is 14.5 Å². The standard InChI is InChI=1S/C24H23N7O7S2/c1-24(2,22(36)37)38-28-15(13-11-40-23(25)26-13)18(32)27-16-19(33)31-17(21(34)35)12(10-39-20(16)31)9-30-8-7-29-6-4-3-5-14(29)30/h3-8,11,16,20H,9-10H2,1-2H3,(H4-,25,26,27,32,34,35,36,37)/p+1/b28-15-/t16-,20+/m1/s1. The molecule has 0 saturated carbocycles. The van der Waals surface area contributed by atoms with E-state index in [-0.39, 0.29) is 28.8 Å². The maximum Gasteiger partial charge on any atom is 0.352 e. The first-order chi connectivity index (χ1) is 19.0. The van der Waals surface area contributed by atoms with Gasteiger partial charge in [-0.15, -0.1) is 23.1 Å². The van der Waals surface area contributed by atoms with Gasteiger partial charge in [-0.25, -0.2) is 23.5 Å². The van der Waals surface area contributed by atoms with E-state index in [0.717, 1.165) is 17.0 Å². The van der Waals surface area contributed by atoms with Crippen LogP contribution in [-0.4, -0.2) is 76.7 Å². The lowest BCUT2D eigenvalue weighted by molar-refractivity contribution is -0.662. The molecule has 2 aliphatic heterocycles. The van der Waals surface area contributed by atoms with Gasteiger partial charge in [-0.2, -0.15) is 0 Å². The average Bonchev–Trinajstić information content (AvgIpc) is 3.53. The zero-order valence-electron chi connectivity index (χ0n) is 21.2. The van der Waals surface area contributed by atoms with E-state index in [0.29, 0.717) is 11.3 Å². The van der Waals surface area contributed by atoms with Crippen LogP contribution in [0.4, 0.5) is 5.13 Å². The van der Waals surface area contributed by atoms with E-state index in [9.17, 15) is 29.4 Å². The molecule has 0 radical (unpaired) electrons. The van der Waals surface area contributed by atoms with Crippen molar-refractivity contribution in [3.8, 4) is 0 Å². The second-order valence-electron chi connectivity index (χ2n) is 9.43. The Balaban J connectivity index is 1.37. The monoisotopic (exact) mass is 586 g/mol. The lowest BCUT2D eigenvalue weighted by Gasteiger charge is -2.49. The van der Waals surface area contributed by atoms with Crippen LogP contribution in [0.2, 0.25) is 0 Å². The number of β-lactam (4-membered cyclic amide) rings is 1. The van der Waals surface area contributed by atoms with Crippen LogP contribution in [0.25, 0.3) is 5.65 Å². The summed E-state index contributed by atoms with van der Waals surface area (Å²) in [7, 11) is 0. The fraction of sp³-hybridized carbons (Fsp3) is 0.292. The topological polar surface area (TPSA) is 193 Å². The highest BCUT2D eigenvalue weighted by Crippen LogP contribution is 2.40. The van der Waals surface area contributed by atoms with Gasteiger partial charge in [0, 0.05) is 22.8 Å². The van der Waals surface area contributed by atoms with Crippen LogP contribution in [-0.2, 0) is 30.6 Å². The summed E-state index contributed by atoms with van der Waals surface area (Å²) in [4.78, 5) is 60.4. The van der Waals surface area contributed by atoms with Crippen molar-refractivity contribution in [3.63, 3.8) is 0 Å². The maximum atomic E-state index is 13.2. The summed E-state index contributed by atoms with van der Waals surface area (Å²) in [6.45, 7) is 2.77. The number of pyridine rings is 1. The highest BCUT2D eigenvalue weighted by Gasteiger charge is 2.54. The Kier molecular flexibility index (Phi) is 6.97. The van der Waals surface area contributed by atoms with Crippen LogP contribution in [0, 0.1) is 0 Å². The Labute approximate surface area is 234 Å². The van der Waals surface area contributed by atoms with E-state index < -0.39 is 40.8 Å². The Morgan fingerprint density at radius 2 is 2.08 bits per heavy atom. The number of amides is 2. The molecule has 0 aromatic carbocycles. The van der Waals surface area contributed by atoms with Crippen LogP contribution in [0.1, 0.15) is 19.5 Å². The number of carboxylic acid groups (broad SMARTS) is 2. The molecule has 1 saturated heterocycles. The number of hydrogen-bond donors (Lipinski definition) is 4. The Hall–Kier alpha value is -4.44. The van der Waals surface area contributed by atoms with Gasteiger partial charge in [0.1, 0.15) is 41.7 Å². The van der Waals surface area contributed by atoms with Gasteiger partial charge < -0.3 is 26.1 Å². The largest absolute Gasteiger partial charge is 0.478 e. The summed E-state index contributed by atoms with van der Waals surface area (Å²) < 4.78 is 3.79. The van der Waals surface area contributed by atoms with Crippen molar-refractivity contribution in [2.45, 2.75) is 37.4 Å². The molecular weight excluding hydrogens is 562 g/mol. The van der Waals surface area contributed by atoms with Gasteiger partial charge in [-0.1, -0.05) is 11.2 Å². The molecule has 0 aliphatic carbocycles. The van der Waals surface area contributed by atoms with Crippen molar-refractivity contribution in [1.82, 2.24) is 19.6 Å². The predicted octanol–water partition coefficient (Wildman–Crippen LogP) is 0.288. The molecule has 5 heterocycles. The first-order valence-corrected chi connectivity index (χ1v) is 13.8. The van der Waals surface area contributed by atoms with Gasteiger partial charge >= 0.3 is 11.9 Å². The summed E-state index contributed by atoms with van der Waals surface area (Å²) in [6, 6.07) is 4.61. The zero-order valence-corrected chi connectivity index (χ0v) is 22.8. The molecule has 0 bridgehead atoms. The third-order valence-electron chi connectivity index (χ3n) is 6.33. The van der Waals surface area contributed by atoms with Crippen LogP contribution >= 0.6 is 23.1 Å². The van der Waals surface area contributed by atoms with E-state index in [1.807, 2.05) is 45.8 Å². The molecule has 16 heteroatoms. The lowest BCUT2D eigenvalue weighted by atomic mass is 10.0. The number of carboxylic acids is 2. The molecule has 14 nitrogen and oxygen atoms in total. The molecular formula is C24H24N7O7S2+. The molecule has 1 fully saturated rings. The summed E-state index contributed by atoms with van der Waals surface area (Å²) in [6.07, 6.45) is 5.56. The minimum absolute atomic E-state index is 0.0336. The Morgan fingerprint density at radius 3 is 2.75 bits per heavy atom. The van der Waals surface area contributed by atoms with Gasteiger partial charge in [0.05, 0.1) is 6.20 Å². The van der Waals surface area contributed by atoms with Crippen LogP contribution in [0.3, 0.4) is 0 Å². The first-order valence-electron chi connectivity index (χ1n) is 11.8. The average molecular weight is 587 g/mol. The third-order valence-corrected chi connectivity index (χ3v) is 8.34. The summed E-state index contributed by atoms with van der Waals surface area (Å²) in [5.74, 6) is -3.69. The number of thiazole rings is 1. The molecule has 2 amide bonds. The van der Waals surface area contributed by atoms with Gasteiger partial charge in [0.25, 0.3) is 17.5 Å². The fourth-order valence-corrected chi connectivity index (χ4v) is 6.08. The number of fused-ring (bicyclic) bond motifs is 2. The molecule has 3 aromatic heterocycles. The normalized spacial score (nSPS) is 19.3. The molecule has 5 N–H and O–H groups in total. The SMILES string of the molecule is CC(C)(O/N=C(\C(=O)N[C@@H]1C(=O)N2C(C(=O)O)=C(C[n+]3ccn4ccccc43)CS[C@@H]12)c1csc(N)n1)C(=O)O. The van der Waals surface area contributed by atoms with Gasteiger partial charge in [0.15, 0.2) is 10.8 Å². The number of rotatable bonds is 9. The number of nitrogens with one attached hydrogen (secondary N) is 1. The number of thioether (sulfide) groups is 1. The van der Waals surface area contributed by atoms with Crippen molar-refractivity contribution in [3.05, 3.63) is 59.1 Å². The smallest absolute Gasteiger partial charge is 0.352 e. The minimum Gasteiger partial charge on any atom is -0.478 e. The van der Waals surface area contributed by atoms with E-state index in [4.69, 9.17) is 10.6 Å². The number of carbonyl (C=O) groups is 4. The predicted molar refractivity (Wildman–Crippen MR) is 143 cm³/mol. The quantitative estimate of drug-likeness (QED) is 0.117. The molecule has 3 aromatic rings. The number of aliphatic carboxylic acids is 2. The van der Waals surface area contributed by atoms with Crippen molar-refractivity contribution in [1.29, 1.82) is 0 Å². The second-order valence-corrected chi connectivity index (χ2v) is 11.4. The molecule has 2 atom stereocenters. The maximum absolute atomic E-state index is 13.2. The van der Waals surface area contributed by atoms with Crippen LogP contribution in [0.15, 0.2) is 58.6 Å². The van der Waals surface area contributed by atoms with Crippen molar-refractivity contribution in [2.75, 3.05) is 11.5 Å². The Morgan fingerprint density at radius 1 is 1.30 bits per heavy atom. The molecule has 40 heavy (non-hydrogen) atoms. The zero-order chi connectivity index (χ0) is 28.8. The van der Waals surface area contributed by atoms with Crippen LogP contribution in [0.5, 0.6) is 0 Å². The van der Waals surface area contributed by atoms with E-state index in [1.54, 1.807) is 0 Å². The summed E-state index contributed by atoms with van der Waals surface area (Å²) in [5, 5.41) is 26.6. The summed E-state index contributed by atoms with van der Waals surface area (Å²) >= 11 is 2.36. The van der Waals surface area contributed by atoms with E-state index in [2.05, 4.69) is 15.5 Å². The minimum atomic E-state index is -1.75. The fourth-order valence-electron chi connectivity index (χ4n) is 4.20. The number of aromatic nitrogens is 3. The van der Waals surface area contributed by atoms with E-state index >= 15 is 0 Å². The number of nitrogen functional groups attached to an aromatic ring is 1. The van der Waals surface area contributed by atoms with Crippen LogP contribution < -0.4 is 15.6 Å². The third kappa shape index (κ3) is 4.86. The molecule has 0 spiro atoms. The molecule has 2 aliphatic rings. The highest BCUT2D eigenvalue weighted by atomic mass is 32.2. The number of oxime groups is 1. The molecule has 0 unspecified atom stereocenters. The van der Waals surface area contributed by atoms with Crippen molar-refractivity contribution >= 4 is 63.3 Å². The first kappa shape index (κ1) is 27.1. The van der Waals surface area contributed by atoms with Gasteiger partial charge in [-0.05, 0) is 19.9 Å². The number of nitrogens with zero attached hydrogens (tertiary/aromatic N) is 5. The molecule has 5 rings (SSSR count). The van der Waals surface area contributed by atoms with Crippen molar-refractivity contribution < 1.29 is 38.8 Å². The number of anilines is 1. The Bertz CT molecular complexity index is 1610. The highest BCUT2D eigenvalue weighted by molar-refractivity contribution is 8.00. The number of nitrogens with two attached hydrogens (primary N) is 1. The second kappa shape index (κ2) is 10.3. The number of hydrogen-bond acceptors (Lipinski definition) is 10. The summed E-state index contributed by atoms with van der Waals surface area (Å²) in [5.41, 5.74) is 4.89. The lowest BCUT2D eigenvalue weighted by Crippen LogP contribution is -2.71. The molecule has 208 valence electrons.